The van der Waals surface area contributed by atoms with Crippen molar-refractivity contribution in [2.45, 2.75) is 37.6 Å². The number of nitrogens with zero attached hydrogens (tertiary/aromatic N) is 2. The Bertz CT molecular complexity index is 958. The lowest BCUT2D eigenvalue weighted by molar-refractivity contribution is -0.121. The van der Waals surface area contributed by atoms with E-state index in [0.29, 0.717) is 12.6 Å². The molecule has 29 heavy (non-hydrogen) atoms. The fourth-order valence-electron chi connectivity index (χ4n) is 3.68. The lowest BCUT2D eigenvalue weighted by atomic mass is 10.1. The molecule has 0 bridgehead atoms. The summed E-state index contributed by atoms with van der Waals surface area (Å²) in [5.74, 6) is -0.293. The topological polar surface area (TPSA) is 69.7 Å². The van der Waals surface area contributed by atoms with Crippen LogP contribution in [0.3, 0.4) is 0 Å². The molecule has 0 fully saturated rings. The molecule has 7 heteroatoms. The van der Waals surface area contributed by atoms with Crippen LogP contribution in [0.5, 0.6) is 0 Å². The first-order chi connectivity index (χ1) is 13.8. The van der Waals surface area contributed by atoms with Crippen LogP contribution in [-0.2, 0) is 21.2 Å². The molecule has 3 rings (SSSR count). The van der Waals surface area contributed by atoms with E-state index in [-0.39, 0.29) is 17.3 Å². The molecule has 6 nitrogen and oxygen atoms in total. The molecule has 1 heterocycles. The van der Waals surface area contributed by atoms with Gasteiger partial charge in [0, 0.05) is 31.9 Å². The van der Waals surface area contributed by atoms with Crippen molar-refractivity contribution in [3.63, 3.8) is 0 Å². The molecule has 156 valence electrons. The highest BCUT2D eigenvalue weighted by atomic mass is 32.2. The molecule has 0 aromatic heterocycles. The van der Waals surface area contributed by atoms with Crippen LogP contribution in [0.15, 0.2) is 53.4 Å². The standard InChI is InChI=1S/C22H29N3O3S/c1-17-9-11-20(12-10-17)29(27,28)24(3)16-22(26)23-13-6-14-25-18(2)15-19-7-4-5-8-21(19)25/h4-5,7-12,18H,6,13-16H2,1-3H3,(H,23,26). The van der Waals surface area contributed by atoms with Gasteiger partial charge in [0.15, 0.2) is 0 Å². The number of hydrogen-bond donors (Lipinski definition) is 1. The minimum atomic E-state index is -3.67. The van der Waals surface area contributed by atoms with Gasteiger partial charge in [-0.15, -0.1) is 0 Å². The summed E-state index contributed by atoms with van der Waals surface area (Å²) in [6, 6.07) is 15.5. The van der Waals surface area contributed by atoms with Gasteiger partial charge in [0.05, 0.1) is 11.4 Å². The van der Waals surface area contributed by atoms with E-state index >= 15 is 0 Å². The Labute approximate surface area is 173 Å². The Morgan fingerprint density at radius 3 is 2.59 bits per heavy atom. The third kappa shape index (κ3) is 4.97. The van der Waals surface area contributed by atoms with Crippen LogP contribution in [-0.4, -0.2) is 51.4 Å². The zero-order chi connectivity index (χ0) is 21.0. The van der Waals surface area contributed by atoms with Crippen LogP contribution < -0.4 is 10.2 Å². The first-order valence-corrected chi connectivity index (χ1v) is 11.4. The smallest absolute Gasteiger partial charge is 0.243 e. The summed E-state index contributed by atoms with van der Waals surface area (Å²) < 4.78 is 26.2. The van der Waals surface area contributed by atoms with E-state index in [9.17, 15) is 13.2 Å². The largest absolute Gasteiger partial charge is 0.368 e. The maximum absolute atomic E-state index is 12.6. The summed E-state index contributed by atoms with van der Waals surface area (Å²) in [7, 11) is -2.24. The maximum atomic E-state index is 12.6. The van der Waals surface area contributed by atoms with Crippen molar-refractivity contribution in [1.29, 1.82) is 0 Å². The number of carbonyl (C=O) groups is 1. The van der Waals surface area contributed by atoms with E-state index in [1.54, 1.807) is 24.3 Å². The van der Waals surface area contributed by atoms with E-state index in [1.807, 2.05) is 6.92 Å². The van der Waals surface area contributed by atoms with Crippen molar-refractivity contribution in [1.82, 2.24) is 9.62 Å². The second-order valence-electron chi connectivity index (χ2n) is 7.65. The van der Waals surface area contributed by atoms with Gasteiger partial charge in [-0.2, -0.15) is 4.31 Å². The summed E-state index contributed by atoms with van der Waals surface area (Å²) in [6.45, 7) is 5.29. The molecule has 0 spiro atoms. The van der Waals surface area contributed by atoms with Crippen LogP contribution in [0, 0.1) is 6.92 Å². The van der Waals surface area contributed by atoms with E-state index in [4.69, 9.17) is 0 Å². The number of para-hydroxylation sites is 1. The van der Waals surface area contributed by atoms with Crippen molar-refractivity contribution in [3.05, 3.63) is 59.7 Å². The van der Waals surface area contributed by atoms with Gasteiger partial charge >= 0.3 is 0 Å². The number of benzene rings is 2. The first kappa shape index (κ1) is 21.3. The fraction of sp³-hybridized carbons (Fsp3) is 0.409. The van der Waals surface area contributed by atoms with E-state index < -0.39 is 10.0 Å². The van der Waals surface area contributed by atoms with Crippen molar-refractivity contribution < 1.29 is 13.2 Å². The number of nitrogens with one attached hydrogen (secondary N) is 1. The predicted octanol–water partition coefficient (Wildman–Crippen LogP) is 2.57. The molecule has 0 radical (unpaired) electrons. The molecule has 0 saturated heterocycles. The zero-order valence-electron chi connectivity index (χ0n) is 17.3. The van der Waals surface area contributed by atoms with Gasteiger partial charge in [-0.05, 0) is 50.5 Å². The van der Waals surface area contributed by atoms with Crippen LogP contribution in [0.4, 0.5) is 5.69 Å². The summed E-state index contributed by atoms with van der Waals surface area (Å²) in [5, 5.41) is 2.84. The van der Waals surface area contributed by atoms with Gasteiger partial charge in [0.1, 0.15) is 0 Å². The number of aryl methyl sites for hydroxylation is 1. The van der Waals surface area contributed by atoms with E-state index in [2.05, 4.69) is 41.4 Å². The minimum absolute atomic E-state index is 0.195. The second kappa shape index (κ2) is 8.97. The van der Waals surface area contributed by atoms with E-state index in [0.717, 1.165) is 29.3 Å². The quantitative estimate of drug-likeness (QED) is 0.673. The van der Waals surface area contributed by atoms with Crippen LogP contribution >= 0.6 is 0 Å². The average molecular weight is 416 g/mol. The molecule has 1 aliphatic rings. The summed E-state index contributed by atoms with van der Waals surface area (Å²) in [5.41, 5.74) is 3.63. The highest BCUT2D eigenvalue weighted by Crippen LogP contribution is 2.31. The van der Waals surface area contributed by atoms with Gasteiger partial charge < -0.3 is 10.2 Å². The molecule has 0 aliphatic carbocycles. The van der Waals surface area contributed by atoms with Gasteiger partial charge in [0.25, 0.3) is 0 Å². The molecule has 1 N–H and O–H groups in total. The lowest BCUT2D eigenvalue weighted by Crippen LogP contribution is -2.39. The number of anilines is 1. The number of amides is 1. The predicted molar refractivity (Wildman–Crippen MR) is 116 cm³/mol. The van der Waals surface area contributed by atoms with Crippen molar-refractivity contribution in [2.75, 3.05) is 31.6 Å². The van der Waals surface area contributed by atoms with Gasteiger partial charge in [0.2, 0.25) is 15.9 Å². The third-order valence-corrected chi connectivity index (χ3v) is 7.16. The maximum Gasteiger partial charge on any atom is 0.243 e. The third-order valence-electron chi connectivity index (χ3n) is 5.34. The Morgan fingerprint density at radius 2 is 1.86 bits per heavy atom. The summed E-state index contributed by atoms with van der Waals surface area (Å²) >= 11 is 0. The normalized spacial score (nSPS) is 16.1. The molecule has 1 unspecified atom stereocenters. The summed E-state index contributed by atoms with van der Waals surface area (Å²) in [4.78, 5) is 14.8. The Hall–Kier alpha value is -2.38. The van der Waals surface area contributed by atoms with Crippen LogP contribution in [0.25, 0.3) is 0 Å². The number of likely N-dealkylation sites (N-methyl/N-ethyl adjacent to an activating group) is 1. The zero-order valence-corrected chi connectivity index (χ0v) is 18.1. The van der Waals surface area contributed by atoms with Gasteiger partial charge in [-0.1, -0.05) is 35.9 Å². The number of rotatable bonds is 8. The van der Waals surface area contributed by atoms with Crippen molar-refractivity contribution in [2.24, 2.45) is 0 Å². The number of carbonyl (C=O) groups excluding carboxylic acids is 1. The molecule has 1 atom stereocenters. The molecular weight excluding hydrogens is 386 g/mol. The molecular formula is C22H29N3O3S. The van der Waals surface area contributed by atoms with Crippen LogP contribution in [0.1, 0.15) is 24.5 Å². The van der Waals surface area contributed by atoms with Crippen molar-refractivity contribution in [3.8, 4) is 0 Å². The van der Waals surface area contributed by atoms with Crippen molar-refractivity contribution >= 4 is 21.6 Å². The first-order valence-electron chi connectivity index (χ1n) is 9.93. The molecule has 0 saturated carbocycles. The average Bonchev–Trinajstić information content (AvgIpc) is 3.00. The second-order valence-corrected chi connectivity index (χ2v) is 9.70. The number of fused-ring (bicyclic) bond motifs is 1. The number of sulfonamides is 1. The van der Waals surface area contributed by atoms with Gasteiger partial charge in [-0.3, -0.25) is 4.79 Å². The van der Waals surface area contributed by atoms with Crippen LogP contribution in [0.2, 0.25) is 0 Å². The lowest BCUT2D eigenvalue weighted by Gasteiger charge is -2.25. The van der Waals surface area contributed by atoms with E-state index in [1.165, 1.54) is 18.3 Å². The number of hydrogen-bond acceptors (Lipinski definition) is 4. The summed E-state index contributed by atoms with van der Waals surface area (Å²) in [6.07, 6.45) is 1.85. The minimum Gasteiger partial charge on any atom is -0.368 e. The molecule has 2 aromatic carbocycles. The Morgan fingerprint density at radius 1 is 1.17 bits per heavy atom. The highest BCUT2D eigenvalue weighted by molar-refractivity contribution is 7.89. The Balaban J connectivity index is 1.46. The molecule has 2 aromatic rings. The molecule has 1 amide bonds. The monoisotopic (exact) mass is 415 g/mol. The van der Waals surface area contributed by atoms with Gasteiger partial charge in [-0.25, -0.2) is 8.42 Å². The molecule has 1 aliphatic heterocycles. The highest BCUT2D eigenvalue weighted by Gasteiger charge is 2.25. The fourth-order valence-corrected chi connectivity index (χ4v) is 4.81. The SMILES string of the molecule is Cc1ccc(S(=O)(=O)N(C)CC(=O)NCCCN2c3ccccc3CC2C)cc1. The Kier molecular flexibility index (Phi) is 6.59.